The third-order valence-electron chi connectivity index (χ3n) is 5.41. The number of nitrogens with two attached hydrogens (primary N) is 1. The topological polar surface area (TPSA) is 96.0 Å². The molecule has 0 heterocycles. The van der Waals surface area contributed by atoms with Crippen molar-refractivity contribution in [1.29, 1.82) is 5.26 Å². The van der Waals surface area contributed by atoms with Gasteiger partial charge in [-0.1, -0.05) is 36.4 Å². The number of primary amides is 1. The maximum atomic E-state index is 14.1. The number of carbonyl (C=O) groups excluding carboxylic acids is 2. The van der Waals surface area contributed by atoms with Gasteiger partial charge in [-0.15, -0.1) is 11.8 Å². The van der Waals surface area contributed by atoms with Crippen LogP contribution in [0.2, 0.25) is 0 Å². The van der Waals surface area contributed by atoms with Gasteiger partial charge in [-0.05, 0) is 41.2 Å². The summed E-state index contributed by atoms with van der Waals surface area (Å²) in [6, 6.07) is 16.9. The van der Waals surface area contributed by atoms with Crippen LogP contribution in [0.3, 0.4) is 0 Å². The first-order valence-corrected chi connectivity index (χ1v) is 10.9. The van der Waals surface area contributed by atoms with Gasteiger partial charge in [-0.2, -0.15) is 5.26 Å². The molecule has 2 amide bonds. The van der Waals surface area contributed by atoms with E-state index in [1.54, 1.807) is 0 Å². The van der Waals surface area contributed by atoms with Crippen LogP contribution >= 0.6 is 11.8 Å². The molecule has 0 bridgehead atoms. The molecule has 3 N–H and O–H groups in total. The van der Waals surface area contributed by atoms with Gasteiger partial charge in [-0.3, -0.25) is 9.59 Å². The molecule has 31 heavy (non-hydrogen) atoms. The number of halogens is 2. The molecule has 5 nitrogen and oxygen atoms in total. The quantitative estimate of drug-likeness (QED) is 0.498. The first-order valence-electron chi connectivity index (χ1n) is 9.93. The predicted molar refractivity (Wildman–Crippen MR) is 115 cm³/mol. The van der Waals surface area contributed by atoms with Crippen molar-refractivity contribution in [1.82, 2.24) is 5.32 Å². The lowest BCUT2D eigenvalue weighted by molar-refractivity contribution is -0.133. The van der Waals surface area contributed by atoms with E-state index in [2.05, 4.69) is 5.32 Å². The third kappa shape index (κ3) is 5.82. The van der Waals surface area contributed by atoms with Crippen molar-refractivity contribution in [3.63, 3.8) is 0 Å². The van der Waals surface area contributed by atoms with Crippen LogP contribution in [0.15, 0.2) is 53.4 Å². The van der Waals surface area contributed by atoms with Crippen molar-refractivity contribution >= 4 is 23.6 Å². The number of rotatable bonds is 7. The third-order valence-corrected chi connectivity index (χ3v) is 6.44. The number of thioether (sulfide) groups is 1. The number of nitrogens with zero attached hydrogens (tertiary/aromatic N) is 1. The van der Waals surface area contributed by atoms with Crippen LogP contribution in [-0.2, 0) is 9.59 Å². The first-order chi connectivity index (χ1) is 14.8. The number of amides is 2. The van der Waals surface area contributed by atoms with E-state index >= 15 is 0 Å². The molecule has 8 heteroatoms. The van der Waals surface area contributed by atoms with Crippen LogP contribution in [0, 0.1) is 17.2 Å². The van der Waals surface area contributed by atoms with Gasteiger partial charge in [-0.25, -0.2) is 8.78 Å². The zero-order chi connectivity index (χ0) is 22.4. The maximum absolute atomic E-state index is 14.1. The Morgan fingerprint density at radius 3 is 2.58 bits per heavy atom. The monoisotopic (exact) mass is 443 g/mol. The Kier molecular flexibility index (Phi) is 7.29. The molecule has 3 rings (SSSR count). The minimum atomic E-state index is -2.90. The molecule has 2 atom stereocenters. The second-order valence-electron chi connectivity index (χ2n) is 7.55. The van der Waals surface area contributed by atoms with Crippen molar-refractivity contribution < 1.29 is 18.4 Å². The summed E-state index contributed by atoms with van der Waals surface area (Å²) in [6.45, 7) is -0.209. The molecular formula is C23H23F2N3O2S. The molecule has 162 valence electrons. The summed E-state index contributed by atoms with van der Waals surface area (Å²) in [7, 11) is 0. The maximum Gasteiger partial charge on any atom is 0.249 e. The van der Waals surface area contributed by atoms with E-state index in [9.17, 15) is 18.4 Å². The summed E-state index contributed by atoms with van der Waals surface area (Å²) in [5.41, 5.74) is 7.80. The summed E-state index contributed by atoms with van der Waals surface area (Å²) in [6.07, 6.45) is -0.635. The fraction of sp³-hybridized carbons (Fsp3) is 0.348. The standard InChI is InChI=1S/C23H23F2N3O2S/c24-23(25)10-9-19(20(13-23)22(30)28-12-11-26)18-4-2-1-3-17(18)15-5-7-16(8-6-15)31-14-21(27)29/h1-8,19-20H,9-10,12-14H2,(H2,27,29)(H,28,30)/t19-,20+/m0/s1. The Hall–Kier alpha value is -2.92. The highest BCUT2D eigenvalue weighted by atomic mass is 32.2. The lowest BCUT2D eigenvalue weighted by Crippen LogP contribution is -2.41. The SMILES string of the molecule is N#CCNC(=O)[C@@H]1CC(F)(F)CC[C@H]1c1ccccc1-c1ccc(SCC(N)=O)cc1. The highest BCUT2D eigenvalue weighted by Gasteiger charge is 2.45. The normalized spacial score (nSPS) is 19.9. The molecule has 0 aliphatic heterocycles. The molecule has 2 aromatic rings. The fourth-order valence-corrected chi connectivity index (χ4v) is 4.65. The van der Waals surface area contributed by atoms with Crippen LogP contribution in [0.25, 0.3) is 11.1 Å². The molecule has 1 fully saturated rings. The predicted octanol–water partition coefficient (Wildman–Crippen LogP) is 4.09. The Morgan fingerprint density at radius 2 is 1.90 bits per heavy atom. The summed E-state index contributed by atoms with van der Waals surface area (Å²) in [5.74, 6) is -4.92. The highest BCUT2D eigenvalue weighted by molar-refractivity contribution is 8.00. The van der Waals surface area contributed by atoms with E-state index in [1.165, 1.54) is 11.8 Å². The van der Waals surface area contributed by atoms with Crippen LogP contribution in [-0.4, -0.2) is 30.0 Å². The Labute approximate surface area is 184 Å². The Bertz CT molecular complexity index is 989. The Morgan fingerprint density at radius 1 is 1.19 bits per heavy atom. The van der Waals surface area contributed by atoms with Gasteiger partial charge in [0.05, 0.1) is 17.7 Å². The fourth-order valence-electron chi connectivity index (χ4n) is 4.01. The summed E-state index contributed by atoms with van der Waals surface area (Å²) < 4.78 is 28.3. The van der Waals surface area contributed by atoms with E-state index in [1.807, 2.05) is 54.6 Å². The van der Waals surface area contributed by atoms with E-state index in [4.69, 9.17) is 11.0 Å². The van der Waals surface area contributed by atoms with Crippen LogP contribution in [0.5, 0.6) is 0 Å². The van der Waals surface area contributed by atoms with Crippen LogP contribution in [0.1, 0.15) is 30.7 Å². The minimum Gasteiger partial charge on any atom is -0.369 e. The highest BCUT2D eigenvalue weighted by Crippen LogP contribution is 2.47. The average Bonchev–Trinajstić information content (AvgIpc) is 2.76. The van der Waals surface area contributed by atoms with Crippen molar-refractivity contribution in [2.75, 3.05) is 12.3 Å². The number of hydrogen-bond donors (Lipinski definition) is 2. The molecule has 2 aromatic carbocycles. The van der Waals surface area contributed by atoms with Gasteiger partial charge >= 0.3 is 0 Å². The van der Waals surface area contributed by atoms with Crippen LogP contribution < -0.4 is 11.1 Å². The summed E-state index contributed by atoms with van der Waals surface area (Å²) >= 11 is 1.34. The van der Waals surface area contributed by atoms with Crippen molar-refractivity contribution in [3.8, 4) is 17.2 Å². The van der Waals surface area contributed by atoms with Crippen LogP contribution in [0.4, 0.5) is 8.78 Å². The van der Waals surface area contributed by atoms with Gasteiger partial charge in [0.15, 0.2) is 0 Å². The molecule has 0 aromatic heterocycles. The number of nitriles is 1. The molecular weight excluding hydrogens is 420 g/mol. The largest absolute Gasteiger partial charge is 0.369 e. The smallest absolute Gasteiger partial charge is 0.249 e. The number of carbonyl (C=O) groups is 2. The molecule has 1 aliphatic rings. The second kappa shape index (κ2) is 9.92. The first kappa shape index (κ1) is 22.8. The molecule has 1 aliphatic carbocycles. The van der Waals surface area contributed by atoms with Crippen molar-refractivity contribution in [2.24, 2.45) is 11.7 Å². The molecule has 1 saturated carbocycles. The zero-order valence-corrected chi connectivity index (χ0v) is 17.6. The number of alkyl halides is 2. The van der Waals surface area contributed by atoms with Crippen molar-refractivity contribution in [3.05, 3.63) is 54.1 Å². The van der Waals surface area contributed by atoms with Gasteiger partial charge in [0.1, 0.15) is 6.54 Å². The number of benzene rings is 2. The molecule has 0 saturated heterocycles. The van der Waals surface area contributed by atoms with E-state index < -0.39 is 30.1 Å². The Balaban J connectivity index is 1.91. The number of hydrogen-bond acceptors (Lipinski definition) is 4. The lowest BCUT2D eigenvalue weighted by Gasteiger charge is -2.36. The zero-order valence-electron chi connectivity index (χ0n) is 16.8. The van der Waals surface area contributed by atoms with E-state index in [0.717, 1.165) is 21.6 Å². The summed E-state index contributed by atoms with van der Waals surface area (Å²) in [4.78, 5) is 24.5. The van der Waals surface area contributed by atoms with Gasteiger partial charge < -0.3 is 11.1 Å². The van der Waals surface area contributed by atoms with Crippen molar-refractivity contribution in [2.45, 2.75) is 36.0 Å². The molecule has 0 radical (unpaired) electrons. The van der Waals surface area contributed by atoms with E-state index in [0.29, 0.717) is 0 Å². The lowest BCUT2D eigenvalue weighted by atomic mass is 9.72. The average molecular weight is 444 g/mol. The second-order valence-corrected chi connectivity index (χ2v) is 8.60. The van der Waals surface area contributed by atoms with E-state index in [-0.39, 0.29) is 31.1 Å². The molecule has 0 unspecified atom stereocenters. The minimum absolute atomic E-state index is 0.182. The summed E-state index contributed by atoms with van der Waals surface area (Å²) in [5, 5.41) is 11.2. The van der Waals surface area contributed by atoms with Gasteiger partial charge in [0.25, 0.3) is 0 Å². The van der Waals surface area contributed by atoms with Gasteiger partial charge in [0.2, 0.25) is 17.7 Å². The molecule has 0 spiro atoms. The van der Waals surface area contributed by atoms with Gasteiger partial charge in [0, 0.05) is 17.7 Å². The number of nitrogens with one attached hydrogen (secondary N) is 1.